The zero-order valence-electron chi connectivity index (χ0n) is 26.2. The Balaban J connectivity index is 2.64. The first-order chi connectivity index (χ1) is 17.9. The van der Waals surface area contributed by atoms with Gasteiger partial charge >= 0.3 is 5.97 Å². The van der Waals surface area contributed by atoms with Crippen LogP contribution >= 0.6 is 0 Å². The summed E-state index contributed by atoms with van der Waals surface area (Å²) in [6.07, 6.45) is -0.901. The maximum atomic E-state index is 13.8. The average Bonchev–Trinajstić information content (AvgIpc) is 2.83. The number of rotatable bonds is 12. The molecule has 0 aliphatic rings. The number of ether oxygens (including phenoxy) is 1. The number of hydrogen-bond acceptors (Lipinski definition) is 5. The molecule has 0 aliphatic heterocycles. The van der Waals surface area contributed by atoms with Crippen molar-refractivity contribution in [1.82, 2.24) is 4.90 Å². The highest BCUT2D eigenvalue weighted by molar-refractivity contribution is 6.74. The van der Waals surface area contributed by atoms with Gasteiger partial charge in [0, 0.05) is 25.2 Å². The predicted octanol–water partition coefficient (Wildman–Crippen LogP) is 7.62. The summed E-state index contributed by atoms with van der Waals surface area (Å²) in [5.74, 6) is -1.18. The van der Waals surface area contributed by atoms with Crippen LogP contribution in [0.25, 0.3) is 0 Å². The smallest absolute Gasteiger partial charge is 0.313 e. The van der Waals surface area contributed by atoms with Crippen LogP contribution in [0.4, 0.5) is 0 Å². The second kappa shape index (κ2) is 13.6. The SMILES string of the molecule is C[C@H](c1ccccc1)N(Cc1ccccc1)[C@@H]([C@H](C(=O)OC(C)(C)C)[C@@H](C)O)[C@@H](C)CO[Si](C)(C)C(C)(C)C. The second-order valence-corrected chi connectivity index (χ2v) is 18.4. The van der Waals surface area contributed by atoms with E-state index < -0.39 is 25.9 Å². The summed E-state index contributed by atoms with van der Waals surface area (Å²) in [6.45, 7) is 24.0. The van der Waals surface area contributed by atoms with Gasteiger partial charge in [-0.3, -0.25) is 9.69 Å². The van der Waals surface area contributed by atoms with Crippen LogP contribution in [0.15, 0.2) is 60.7 Å². The van der Waals surface area contributed by atoms with Crippen LogP contribution in [0.5, 0.6) is 0 Å². The van der Waals surface area contributed by atoms with Crippen LogP contribution < -0.4 is 0 Å². The Kier molecular flexibility index (Phi) is 11.6. The fourth-order valence-electron chi connectivity index (χ4n) is 4.75. The van der Waals surface area contributed by atoms with Crippen LogP contribution in [-0.4, -0.2) is 48.6 Å². The van der Waals surface area contributed by atoms with Gasteiger partial charge in [-0.15, -0.1) is 0 Å². The van der Waals surface area contributed by atoms with Crippen LogP contribution in [0, 0.1) is 11.8 Å². The average molecular weight is 556 g/mol. The van der Waals surface area contributed by atoms with Crippen molar-refractivity contribution in [3.8, 4) is 0 Å². The quantitative estimate of drug-likeness (QED) is 0.216. The third kappa shape index (κ3) is 9.56. The predicted molar refractivity (Wildman–Crippen MR) is 164 cm³/mol. The van der Waals surface area contributed by atoms with Crippen LogP contribution in [0.3, 0.4) is 0 Å². The van der Waals surface area contributed by atoms with Gasteiger partial charge in [0.05, 0.1) is 12.0 Å². The molecule has 2 aromatic carbocycles. The standard InChI is InChI=1S/C33H53NO4Si/c1-24(23-37-39(10,11)33(7,8)9)30(29(26(3)35)31(36)38-32(4,5)6)34(22-27-18-14-12-15-19-27)25(2)28-20-16-13-17-21-28/h12-21,24-26,29-30,35H,22-23H2,1-11H3/t24-,25+,26+,29+,30+/m0/s1. The number of nitrogens with zero attached hydrogens (tertiary/aromatic N) is 1. The summed E-state index contributed by atoms with van der Waals surface area (Å²) in [7, 11) is -2.04. The second-order valence-electron chi connectivity index (χ2n) is 13.6. The molecule has 1 N–H and O–H groups in total. The fraction of sp³-hybridized carbons (Fsp3) is 0.606. The highest BCUT2D eigenvalue weighted by Gasteiger charge is 2.45. The Morgan fingerprint density at radius 2 is 1.41 bits per heavy atom. The molecule has 0 aromatic heterocycles. The molecule has 5 atom stereocenters. The zero-order chi connectivity index (χ0) is 29.6. The minimum atomic E-state index is -2.04. The van der Waals surface area contributed by atoms with Gasteiger partial charge < -0.3 is 14.3 Å². The van der Waals surface area contributed by atoms with Crippen LogP contribution in [-0.2, 0) is 20.5 Å². The molecule has 0 unspecified atom stereocenters. The summed E-state index contributed by atoms with van der Waals surface area (Å²) in [6, 6.07) is 20.3. The molecule has 5 nitrogen and oxygen atoms in total. The minimum Gasteiger partial charge on any atom is -0.460 e. The van der Waals surface area contributed by atoms with Gasteiger partial charge in [-0.05, 0) is 69.8 Å². The normalized spacial score (nSPS) is 16.8. The van der Waals surface area contributed by atoms with Crippen molar-refractivity contribution >= 4 is 14.3 Å². The molecular formula is C33H53NO4Si. The Bertz CT molecular complexity index is 1010. The molecule has 0 fully saturated rings. The molecular weight excluding hydrogens is 502 g/mol. The van der Waals surface area contributed by atoms with Crippen molar-refractivity contribution in [2.45, 2.75) is 111 Å². The van der Waals surface area contributed by atoms with Crippen molar-refractivity contribution in [2.75, 3.05) is 6.61 Å². The number of hydrogen-bond donors (Lipinski definition) is 1. The lowest BCUT2D eigenvalue weighted by molar-refractivity contribution is -0.169. The molecule has 218 valence electrons. The number of aliphatic hydroxyl groups excluding tert-OH is 1. The van der Waals surface area contributed by atoms with Crippen LogP contribution in [0.1, 0.15) is 79.5 Å². The van der Waals surface area contributed by atoms with Gasteiger partial charge in [-0.2, -0.15) is 0 Å². The minimum absolute atomic E-state index is 0.0181. The number of esters is 1. The van der Waals surface area contributed by atoms with E-state index in [-0.39, 0.29) is 29.0 Å². The van der Waals surface area contributed by atoms with E-state index in [1.807, 2.05) is 57.2 Å². The lowest BCUT2D eigenvalue weighted by Gasteiger charge is -2.45. The van der Waals surface area contributed by atoms with Gasteiger partial charge in [-0.25, -0.2) is 0 Å². The lowest BCUT2D eigenvalue weighted by Crippen LogP contribution is -2.54. The molecule has 0 radical (unpaired) electrons. The molecule has 0 heterocycles. The van der Waals surface area contributed by atoms with E-state index in [1.165, 1.54) is 0 Å². The highest BCUT2D eigenvalue weighted by atomic mass is 28.4. The highest BCUT2D eigenvalue weighted by Crippen LogP contribution is 2.39. The summed E-state index contributed by atoms with van der Waals surface area (Å²) in [4.78, 5) is 16.1. The Morgan fingerprint density at radius 3 is 1.87 bits per heavy atom. The van der Waals surface area contributed by atoms with E-state index in [0.29, 0.717) is 13.2 Å². The third-order valence-electron chi connectivity index (χ3n) is 8.03. The van der Waals surface area contributed by atoms with E-state index in [1.54, 1.807) is 6.92 Å². The maximum Gasteiger partial charge on any atom is 0.313 e. The van der Waals surface area contributed by atoms with E-state index >= 15 is 0 Å². The first-order valence-electron chi connectivity index (χ1n) is 14.3. The first kappa shape index (κ1) is 33.2. The molecule has 2 rings (SSSR count). The van der Waals surface area contributed by atoms with Gasteiger partial charge in [0.25, 0.3) is 0 Å². The molecule has 0 bridgehead atoms. The van der Waals surface area contributed by atoms with Gasteiger partial charge in [0.2, 0.25) is 0 Å². The lowest BCUT2D eigenvalue weighted by atomic mass is 9.83. The van der Waals surface area contributed by atoms with Gasteiger partial charge in [0.15, 0.2) is 8.32 Å². The molecule has 2 aromatic rings. The molecule has 39 heavy (non-hydrogen) atoms. The number of carbonyl (C=O) groups is 1. The fourth-order valence-corrected chi connectivity index (χ4v) is 5.86. The molecule has 6 heteroatoms. The summed E-state index contributed by atoms with van der Waals surface area (Å²) in [5, 5.41) is 11.2. The van der Waals surface area contributed by atoms with Crippen molar-refractivity contribution in [2.24, 2.45) is 11.8 Å². The Hall–Kier alpha value is -1.99. The molecule has 0 saturated carbocycles. The maximum absolute atomic E-state index is 13.8. The van der Waals surface area contributed by atoms with Crippen molar-refractivity contribution in [3.05, 3.63) is 71.8 Å². The topological polar surface area (TPSA) is 59.0 Å². The molecule has 0 amide bonds. The van der Waals surface area contributed by atoms with Crippen molar-refractivity contribution in [3.63, 3.8) is 0 Å². The summed E-state index contributed by atoms with van der Waals surface area (Å²) in [5.41, 5.74) is 1.64. The van der Waals surface area contributed by atoms with Gasteiger partial charge in [-0.1, -0.05) is 88.4 Å². The third-order valence-corrected chi connectivity index (χ3v) is 12.5. The first-order valence-corrected chi connectivity index (χ1v) is 17.2. The summed E-state index contributed by atoms with van der Waals surface area (Å²) >= 11 is 0. The zero-order valence-corrected chi connectivity index (χ0v) is 27.2. The molecule has 0 aliphatic carbocycles. The van der Waals surface area contributed by atoms with Crippen molar-refractivity contribution in [1.29, 1.82) is 0 Å². The monoisotopic (exact) mass is 555 g/mol. The number of benzene rings is 2. The largest absolute Gasteiger partial charge is 0.460 e. The van der Waals surface area contributed by atoms with E-state index in [0.717, 1.165) is 11.1 Å². The number of carbonyl (C=O) groups excluding carboxylic acids is 1. The van der Waals surface area contributed by atoms with Crippen LogP contribution in [0.2, 0.25) is 18.1 Å². The van der Waals surface area contributed by atoms with Gasteiger partial charge in [0.1, 0.15) is 5.60 Å². The number of aliphatic hydroxyl groups is 1. The molecule has 0 saturated heterocycles. The Morgan fingerprint density at radius 1 is 0.897 bits per heavy atom. The van der Waals surface area contributed by atoms with E-state index in [2.05, 4.69) is 76.9 Å². The van der Waals surface area contributed by atoms with Crippen molar-refractivity contribution < 1.29 is 19.1 Å². The van der Waals surface area contributed by atoms with E-state index in [9.17, 15) is 9.90 Å². The molecule has 0 spiro atoms. The summed E-state index contributed by atoms with van der Waals surface area (Å²) < 4.78 is 12.6. The van der Waals surface area contributed by atoms with E-state index in [4.69, 9.17) is 9.16 Å². The Labute approximate surface area is 239 Å².